The highest BCUT2D eigenvalue weighted by molar-refractivity contribution is 5.82. The Kier molecular flexibility index (Phi) is 4.56. The third kappa shape index (κ3) is 3.93. The molecule has 0 aromatic heterocycles. The van der Waals surface area contributed by atoms with E-state index in [1.165, 1.54) is 4.90 Å². The van der Waals surface area contributed by atoms with Gasteiger partial charge in [-0.05, 0) is 13.8 Å². The number of carbonyl (C=O) groups excluding carboxylic acids is 1. The number of terminal acetylenes is 1. The van der Waals surface area contributed by atoms with Crippen LogP contribution in [-0.4, -0.2) is 53.3 Å². The van der Waals surface area contributed by atoms with Gasteiger partial charge >= 0.3 is 12.0 Å². The van der Waals surface area contributed by atoms with Crippen molar-refractivity contribution >= 4 is 12.0 Å². The number of morpholine rings is 1. The molecule has 1 fully saturated rings. The summed E-state index contributed by atoms with van der Waals surface area (Å²) in [6.45, 7) is 5.05. The number of urea groups is 1. The lowest BCUT2D eigenvalue weighted by Crippen LogP contribution is -2.55. The van der Waals surface area contributed by atoms with E-state index in [0.29, 0.717) is 19.7 Å². The van der Waals surface area contributed by atoms with Gasteiger partial charge in [0.05, 0.1) is 18.8 Å². The van der Waals surface area contributed by atoms with Crippen molar-refractivity contribution in [2.75, 3.05) is 19.7 Å². The first kappa shape index (κ1) is 14.3. The number of nitrogens with zero attached hydrogens (tertiary/aromatic N) is 1. The summed E-state index contributed by atoms with van der Waals surface area (Å²) in [5, 5.41) is 11.3. The summed E-state index contributed by atoms with van der Waals surface area (Å²) in [6.07, 6.45) is 5.03. The van der Waals surface area contributed by atoms with Crippen molar-refractivity contribution in [3.8, 4) is 12.3 Å². The molecule has 1 unspecified atom stereocenters. The van der Waals surface area contributed by atoms with Crippen LogP contribution in [0.2, 0.25) is 0 Å². The lowest BCUT2D eigenvalue weighted by Gasteiger charge is -2.38. The third-order valence-electron chi connectivity index (χ3n) is 2.63. The number of carboxylic acids is 1. The van der Waals surface area contributed by atoms with Crippen LogP contribution in [0.4, 0.5) is 4.79 Å². The molecular formula is C12H18N2O4. The molecule has 6 nitrogen and oxygen atoms in total. The third-order valence-corrected chi connectivity index (χ3v) is 2.63. The second-order valence-electron chi connectivity index (χ2n) is 4.78. The maximum absolute atomic E-state index is 11.9. The molecule has 0 saturated carbocycles. The van der Waals surface area contributed by atoms with E-state index in [-0.39, 0.29) is 6.42 Å². The summed E-state index contributed by atoms with van der Waals surface area (Å²) in [4.78, 5) is 24.3. The Morgan fingerprint density at radius 3 is 2.78 bits per heavy atom. The molecular weight excluding hydrogens is 236 g/mol. The maximum Gasteiger partial charge on any atom is 0.327 e. The van der Waals surface area contributed by atoms with Crippen LogP contribution in [0.5, 0.6) is 0 Å². The van der Waals surface area contributed by atoms with Crippen molar-refractivity contribution in [3.63, 3.8) is 0 Å². The standard InChI is InChI=1S/C12H18N2O4/c1-4-5-9(10(15)16)13-11(17)14-6-7-18-12(2,3)8-14/h1,9H,5-8H2,2-3H3,(H,13,17)(H,15,16). The molecule has 1 aliphatic rings. The van der Waals surface area contributed by atoms with E-state index in [4.69, 9.17) is 16.3 Å². The fourth-order valence-electron chi connectivity index (χ4n) is 1.75. The molecule has 1 aliphatic heterocycles. The van der Waals surface area contributed by atoms with Gasteiger partial charge in [0.15, 0.2) is 0 Å². The highest BCUT2D eigenvalue weighted by Crippen LogP contribution is 2.16. The number of hydrogen-bond donors (Lipinski definition) is 2. The molecule has 0 spiro atoms. The lowest BCUT2D eigenvalue weighted by atomic mass is 10.1. The quantitative estimate of drug-likeness (QED) is 0.709. The van der Waals surface area contributed by atoms with Crippen molar-refractivity contribution in [1.82, 2.24) is 10.2 Å². The predicted molar refractivity (Wildman–Crippen MR) is 65.0 cm³/mol. The van der Waals surface area contributed by atoms with Crippen LogP contribution in [-0.2, 0) is 9.53 Å². The fourth-order valence-corrected chi connectivity index (χ4v) is 1.75. The summed E-state index contributed by atoms with van der Waals surface area (Å²) >= 11 is 0. The Morgan fingerprint density at radius 2 is 2.28 bits per heavy atom. The van der Waals surface area contributed by atoms with Crippen LogP contribution < -0.4 is 5.32 Å². The summed E-state index contributed by atoms with van der Waals surface area (Å²) < 4.78 is 5.48. The summed E-state index contributed by atoms with van der Waals surface area (Å²) in [5.74, 6) is 1.10. The van der Waals surface area contributed by atoms with E-state index in [1.54, 1.807) is 0 Å². The van der Waals surface area contributed by atoms with E-state index in [2.05, 4.69) is 11.2 Å². The smallest absolute Gasteiger partial charge is 0.327 e. The maximum atomic E-state index is 11.9. The van der Waals surface area contributed by atoms with Crippen LogP contribution in [0.1, 0.15) is 20.3 Å². The zero-order chi connectivity index (χ0) is 13.8. The van der Waals surface area contributed by atoms with Crippen molar-refractivity contribution in [1.29, 1.82) is 0 Å². The number of ether oxygens (including phenoxy) is 1. The molecule has 6 heteroatoms. The van der Waals surface area contributed by atoms with Crippen LogP contribution >= 0.6 is 0 Å². The monoisotopic (exact) mass is 254 g/mol. The molecule has 0 bridgehead atoms. The summed E-state index contributed by atoms with van der Waals surface area (Å²) in [5.41, 5.74) is -0.416. The number of nitrogens with one attached hydrogen (secondary N) is 1. The van der Waals surface area contributed by atoms with Gasteiger partial charge in [0.1, 0.15) is 6.04 Å². The molecule has 1 rings (SSSR count). The van der Waals surface area contributed by atoms with Gasteiger partial charge in [-0.15, -0.1) is 12.3 Å². The number of rotatable bonds is 3. The number of carbonyl (C=O) groups is 2. The molecule has 1 saturated heterocycles. The van der Waals surface area contributed by atoms with Gasteiger partial charge < -0.3 is 20.1 Å². The Hall–Kier alpha value is -1.74. The van der Waals surface area contributed by atoms with E-state index in [1.807, 2.05) is 13.8 Å². The fraction of sp³-hybridized carbons (Fsp3) is 0.667. The average molecular weight is 254 g/mol. The second-order valence-corrected chi connectivity index (χ2v) is 4.78. The minimum atomic E-state index is -1.13. The van der Waals surface area contributed by atoms with Crippen molar-refractivity contribution in [2.45, 2.75) is 31.9 Å². The highest BCUT2D eigenvalue weighted by Gasteiger charge is 2.31. The Balaban J connectivity index is 2.59. The van der Waals surface area contributed by atoms with Gasteiger partial charge in [-0.1, -0.05) is 0 Å². The van der Waals surface area contributed by atoms with E-state index < -0.39 is 23.6 Å². The van der Waals surface area contributed by atoms with Crippen molar-refractivity contribution in [3.05, 3.63) is 0 Å². The second kappa shape index (κ2) is 5.74. The van der Waals surface area contributed by atoms with E-state index in [0.717, 1.165) is 0 Å². The molecule has 0 aromatic carbocycles. The Bertz CT molecular complexity index is 373. The van der Waals surface area contributed by atoms with Gasteiger partial charge in [0.25, 0.3) is 0 Å². The normalized spacial score (nSPS) is 19.7. The van der Waals surface area contributed by atoms with Gasteiger partial charge in [0, 0.05) is 13.0 Å². The van der Waals surface area contributed by atoms with E-state index in [9.17, 15) is 9.59 Å². The molecule has 0 radical (unpaired) electrons. The molecule has 1 atom stereocenters. The van der Waals surface area contributed by atoms with Gasteiger partial charge in [-0.2, -0.15) is 0 Å². The molecule has 1 heterocycles. The van der Waals surface area contributed by atoms with Gasteiger partial charge in [-0.3, -0.25) is 0 Å². The average Bonchev–Trinajstić information content (AvgIpc) is 2.26. The van der Waals surface area contributed by atoms with Crippen molar-refractivity contribution < 1.29 is 19.4 Å². The molecule has 100 valence electrons. The first-order chi connectivity index (χ1) is 8.35. The van der Waals surface area contributed by atoms with Gasteiger partial charge in [0.2, 0.25) is 0 Å². The largest absolute Gasteiger partial charge is 0.480 e. The molecule has 18 heavy (non-hydrogen) atoms. The summed E-state index contributed by atoms with van der Waals surface area (Å²) in [6, 6.07) is -1.47. The number of hydrogen-bond acceptors (Lipinski definition) is 3. The molecule has 0 aliphatic carbocycles. The summed E-state index contributed by atoms with van der Waals surface area (Å²) in [7, 11) is 0. The minimum absolute atomic E-state index is 0.0329. The lowest BCUT2D eigenvalue weighted by molar-refractivity contribution is -0.139. The number of amides is 2. The van der Waals surface area contributed by atoms with Crippen LogP contribution in [0.3, 0.4) is 0 Å². The van der Waals surface area contributed by atoms with Crippen LogP contribution in [0.25, 0.3) is 0 Å². The first-order valence-electron chi connectivity index (χ1n) is 5.71. The topological polar surface area (TPSA) is 78.9 Å². The highest BCUT2D eigenvalue weighted by atomic mass is 16.5. The number of aliphatic carboxylic acids is 1. The zero-order valence-corrected chi connectivity index (χ0v) is 10.6. The van der Waals surface area contributed by atoms with Gasteiger partial charge in [-0.25, -0.2) is 9.59 Å². The zero-order valence-electron chi connectivity index (χ0n) is 10.6. The van der Waals surface area contributed by atoms with Crippen LogP contribution in [0, 0.1) is 12.3 Å². The Morgan fingerprint density at radius 1 is 1.61 bits per heavy atom. The molecule has 2 N–H and O–H groups in total. The number of carboxylic acid groups (broad SMARTS) is 1. The first-order valence-corrected chi connectivity index (χ1v) is 5.71. The van der Waals surface area contributed by atoms with Crippen molar-refractivity contribution in [2.24, 2.45) is 0 Å². The molecule has 0 aromatic rings. The molecule has 2 amide bonds. The Labute approximate surface area is 106 Å². The van der Waals surface area contributed by atoms with E-state index >= 15 is 0 Å². The van der Waals surface area contributed by atoms with Crippen LogP contribution in [0.15, 0.2) is 0 Å². The SMILES string of the molecule is C#CCC(NC(=O)N1CCOC(C)(C)C1)C(=O)O. The minimum Gasteiger partial charge on any atom is -0.480 e. The predicted octanol–water partition coefficient (Wildman–Crippen LogP) is 0.283.